The zero-order valence-electron chi connectivity index (χ0n) is 12.9. The Balaban J connectivity index is 2.50. The van der Waals surface area contributed by atoms with Crippen molar-refractivity contribution in [3.8, 4) is 0 Å². The van der Waals surface area contributed by atoms with Crippen molar-refractivity contribution < 1.29 is 0 Å². The van der Waals surface area contributed by atoms with Gasteiger partial charge in [-0.05, 0) is 45.2 Å². The molecule has 0 saturated carbocycles. The smallest absolute Gasteiger partial charge is 0.0223 e. The molecule has 1 aliphatic rings. The maximum absolute atomic E-state index is 3.64. The highest BCUT2D eigenvalue weighted by Crippen LogP contribution is 2.24. The van der Waals surface area contributed by atoms with Gasteiger partial charge in [0, 0.05) is 18.6 Å². The molecule has 0 aromatic carbocycles. The van der Waals surface area contributed by atoms with Crippen molar-refractivity contribution in [2.24, 2.45) is 0 Å². The minimum absolute atomic E-state index is 0.776. The van der Waals surface area contributed by atoms with Gasteiger partial charge in [-0.3, -0.25) is 4.90 Å². The monoisotopic (exact) mass is 254 g/mol. The Morgan fingerprint density at radius 3 is 2.61 bits per heavy atom. The first-order valence-electron chi connectivity index (χ1n) is 8.29. The Morgan fingerprint density at radius 2 is 1.94 bits per heavy atom. The summed E-state index contributed by atoms with van der Waals surface area (Å²) in [7, 11) is 0. The molecule has 0 aliphatic carbocycles. The van der Waals surface area contributed by atoms with Crippen molar-refractivity contribution in [3.63, 3.8) is 0 Å². The van der Waals surface area contributed by atoms with Crippen LogP contribution in [0.4, 0.5) is 0 Å². The van der Waals surface area contributed by atoms with Crippen LogP contribution in [0.25, 0.3) is 0 Å². The van der Waals surface area contributed by atoms with Crippen LogP contribution in [0, 0.1) is 0 Å². The highest BCUT2D eigenvalue weighted by atomic mass is 15.2. The average Bonchev–Trinajstić information content (AvgIpc) is 2.39. The Morgan fingerprint density at radius 1 is 1.11 bits per heavy atom. The molecular formula is C16H34N2. The van der Waals surface area contributed by atoms with Crippen LogP contribution in [-0.4, -0.2) is 36.6 Å². The van der Waals surface area contributed by atoms with E-state index in [2.05, 4.69) is 31.0 Å². The van der Waals surface area contributed by atoms with E-state index in [0.29, 0.717) is 0 Å². The van der Waals surface area contributed by atoms with Crippen molar-refractivity contribution in [2.45, 2.75) is 84.2 Å². The van der Waals surface area contributed by atoms with Gasteiger partial charge < -0.3 is 5.32 Å². The fourth-order valence-corrected chi connectivity index (χ4v) is 3.31. The van der Waals surface area contributed by atoms with Gasteiger partial charge >= 0.3 is 0 Å². The molecule has 0 aromatic heterocycles. The van der Waals surface area contributed by atoms with E-state index in [1.54, 1.807) is 0 Å². The summed E-state index contributed by atoms with van der Waals surface area (Å²) >= 11 is 0. The molecule has 2 nitrogen and oxygen atoms in total. The van der Waals surface area contributed by atoms with Crippen LogP contribution in [0.5, 0.6) is 0 Å². The maximum Gasteiger partial charge on any atom is 0.0223 e. The van der Waals surface area contributed by atoms with Gasteiger partial charge in [0.1, 0.15) is 0 Å². The standard InChI is InChI=1S/C16H34N2/c1-4-9-15-11-7-8-13-18(15)16(10-5-2)14-17-12-6-3/h15-17H,4-14H2,1-3H3. The Bertz CT molecular complexity index is 192. The van der Waals surface area contributed by atoms with Crippen LogP contribution in [0.15, 0.2) is 0 Å². The molecule has 1 rings (SSSR count). The van der Waals surface area contributed by atoms with Gasteiger partial charge in [0.15, 0.2) is 0 Å². The molecule has 2 unspecified atom stereocenters. The average molecular weight is 254 g/mol. The first-order valence-corrected chi connectivity index (χ1v) is 8.29. The van der Waals surface area contributed by atoms with E-state index in [1.165, 1.54) is 71.0 Å². The predicted molar refractivity (Wildman–Crippen MR) is 81.1 cm³/mol. The van der Waals surface area contributed by atoms with Crippen LogP contribution in [0.3, 0.4) is 0 Å². The van der Waals surface area contributed by atoms with Crippen LogP contribution in [0.2, 0.25) is 0 Å². The zero-order valence-corrected chi connectivity index (χ0v) is 12.9. The van der Waals surface area contributed by atoms with E-state index in [-0.39, 0.29) is 0 Å². The second-order valence-electron chi connectivity index (χ2n) is 5.82. The molecular weight excluding hydrogens is 220 g/mol. The van der Waals surface area contributed by atoms with E-state index in [9.17, 15) is 0 Å². The fourth-order valence-electron chi connectivity index (χ4n) is 3.31. The van der Waals surface area contributed by atoms with Crippen molar-refractivity contribution in [2.75, 3.05) is 19.6 Å². The third kappa shape index (κ3) is 5.27. The summed E-state index contributed by atoms with van der Waals surface area (Å²) in [5, 5.41) is 3.64. The molecule has 0 aromatic rings. The molecule has 0 amide bonds. The summed E-state index contributed by atoms with van der Waals surface area (Å²) in [5.41, 5.74) is 0. The maximum atomic E-state index is 3.64. The molecule has 1 saturated heterocycles. The summed E-state index contributed by atoms with van der Waals surface area (Å²) in [4.78, 5) is 2.83. The third-order valence-corrected chi connectivity index (χ3v) is 4.19. The quantitative estimate of drug-likeness (QED) is 0.629. The van der Waals surface area contributed by atoms with Crippen molar-refractivity contribution in [3.05, 3.63) is 0 Å². The number of likely N-dealkylation sites (tertiary alicyclic amines) is 1. The van der Waals surface area contributed by atoms with Gasteiger partial charge in [-0.25, -0.2) is 0 Å². The summed E-state index contributed by atoms with van der Waals surface area (Å²) in [6.45, 7) is 10.6. The van der Waals surface area contributed by atoms with Crippen LogP contribution < -0.4 is 5.32 Å². The largest absolute Gasteiger partial charge is 0.315 e. The second-order valence-corrected chi connectivity index (χ2v) is 5.82. The molecule has 108 valence electrons. The first kappa shape index (κ1) is 16.0. The molecule has 1 fully saturated rings. The van der Waals surface area contributed by atoms with Gasteiger partial charge in [0.05, 0.1) is 0 Å². The number of hydrogen-bond acceptors (Lipinski definition) is 2. The molecule has 1 heterocycles. The van der Waals surface area contributed by atoms with E-state index < -0.39 is 0 Å². The fraction of sp³-hybridized carbons (Fsp3) is 1.00. The van der Waals surface area contributed by atoms with Crippen molar-refractivity contribution in [1.29, 1.82) is 0 Å². The molecule has 0 spiro atoms. The lowest BCUT2D eigenvalue weighted by atomic mass is 9.95. The lowest BCUT2D eigenvalue weighted by Crippen LogP contribution is -2.50. The molecule has 0 bridgehead atoms. The van der Waals surface area contributed by atoms with Crippen LogP contribution >= 0.6 is 0 Å². The third-order valence-electron chi connectivity index (χ3n) is 4.19. The van der Waals surface area contributed by atoms with Gasteiger partial charge in [-0.15, -0.1) is 0 Å². The summed E-state index contributed by atoms with van der Waals surface area (Å²) in [5.74, 6) is 0. The van der Waals surface area contributed by atoms with Gasteiger partial charge in [0.2, 0.25) is 0 Å². The highest BCUT2D eigenvalue weighted by Gasteiger charge is 2.27. The van der Waals surface area contributed by atoms with Crippen molar-refractivity contribution >= 4 is 0 Å². The molecule has 0 radical (unpaired) electrons. The zero-order chi connectivity index (χ0) is 13.2. The molecule has 2 heteroatoms. The molecule has 1 aliphatic heterocycles. The topological polar surface area (TPSA) is 15.3 Å². The Hall–Kier alpha value is -0.0800. The van der Waals surface area contributed by atoms with Crippen LogP contribution in [-0.2, 0) is 0 Å². The van der Waals surface area contributed by atoms with Gasteiger partial charge in [-0.1, -0.05) is 40.0 Å². The molecule has 1 N–H and O–H groups in total. The number of rotatable bonds is 9. The minimum Gasteiger partial charge on any atom is -0.315 e. The SMILES string of the molecule is CCCNCC(CCC)N1CCCCC1CCC. The summed E-state index contributed by atoms with van der Waals surface area (Å²) in [6, 6.07) is 1.64. The van der Waals surface area contributed by atoms with Gasteiger partial charge in [0.25, 0.3) is 0 Å². The lowest BCUT2D eigenvalue weighted by molar-refractivity contribution is 0.0820. The number of nitrogens with zero attached hydrogens (tertiary/aromatic N) is 1. The van der Waals surface area contributed by atoms with E-state index in [4.69, 9.17) is 0 Å². The van der Waals surface area contributed by atoms with E-state index >= 15 is 0 Å². The predicted octanol–water partition coefficient (Wildman–Crippen LogP) is 3.81. The number of hydrogen-bond donors (Lipinski definition) is 1. The van der Waals surface area contributed by atoms with E-state index in [1.807, 2.05) is 0 Å². The summed E-state index contributed by atoms with van der Waals surface area (Å²) in [6.07, 6.45) is 10.9. The first-order chi connectivity index (χ1) is 8.83. The van der Waals surface area contributed by atoms with E-state index in [0.717, 1.165) is 12.1 Å². The second kappa shape index (κ2) is 9.80. The van der Waals surface area contributed by atoms with Crippen LogP contribution in [0.1, 0.15) is 72.1 Å². The summed E-state index contributed by atoms with van der Waals surface area (Å²) < 4.78 is 0. The lowest BCUT2D eigenvalue weighted by Gasteiger charge is -2.41. The molecule has 18 heavy (non-hydrogen) atoms. The minimum atomic E-state index is 0.776. The molecule has 2 atom stereocenters. The highest BCUT2D eigenvalue weighted by molar-refractivity contribution is 4.83. The van der Waals surface area contributed by atoms with Gasteiger partial charge in [-0.2, -0.15) is 0 Å². The Labute approximate surface area is 115 Å². The number of nitrogens with one attached hydrogen (secondary N) is 1. The normalized spacial score (nSPS) is 23.2. The van der Waals surface area contributed by atoms with Crippen molar-refractivity contribution in [1.82, 2.24) is 10.2 Å². The Kier molecular flexibility index (Phi) is 8.70. The number of piperidine rings is 1.